The number of halogens is 1. The predicted molar refractivity (Wildman–Crippen MR) is 87.7 cm³/mol. The van der Waals surface area contributed by atoms with E-state index in [1.807, 2.05) is 38.1 Å². The lowest BCUT2D eigenvalue weighted by Crippen LogP contribution is -2.23. The van der Waals surface area contributed by atoms with Crippen molar-refractivity contribution in [1.82, 2.24) is 15.3 Å². The van der Waals surface area contributed by atoms with Crippen molar-refractivity contribution in [1.29, 1.82) is 0 Å². The van der Waals surface area contributed by atoms with E-state index in [1.165, 1.54) is 5.56 Å². The minimum Gasteiger partial charge on any atom is -0.310 e. The van der Waals surface area contributed by atoms with E-state index in [1.54, 1.807) is 0 Å². The van der Waals surface area contributed by atoms with Crippen molar-refractivity contribution >= 4 is 11.6 Å². The Morgan fingerprint density at radius 2 is 1.71 bits per heavy atom. The summed E-state index contributed by atoms with van der Waals surface area (Å²) in [5.41, 5.74) is 4.33. The van der Waals surface area contributed by atoms with Crippen molar-refractivity contribution in [3.63, 3.8) is 0 Å². The standard InChI is InChI=1S/C17H22ClN3/c1-11(2)19-10-15-12(3)20-17(21-13(15)4)9-14-7-5-6-8-16(14)18/h5-8,11,19H,9-10H2,1-4H3. The van der Waals surface area contributed by atoms with Crippen LogP contribution in [-0.4, -0.2) is 16.0 Å². The first-order valence-corrected chi connectivity index (χ1v) is 7.65. The van der Waals surface area contributed by atoms with Crippen LogP contribution in [0.4, 0.5) is 0 Å². The molecule has 1 heterocycles. The molecule has 0 saturated heterocycles. The van der Waals surface area contributed by atoms with Gasteiger partial charge >= 0.3 is 0 Å². The Morgan fingerprint density at radius 3 is 2.29 bits per heavy atom. The SMILES string of the molecule is Cc1nc(Cc2ccccc2Cl)nc(C)c1CNC(C)C. The molecule has 0 fully saturated rings. The molecular formula is C17H22ClN3. The number of hydrogen-bond donors (Lipinski definition) is 1. The van der Waals surface area contributed by atoms with E-state index in [0.717, 1.165) is 34.3 Å². The normalized spacial score (nSPS) is 11.1. The highest BCUT2D eigenvalue weighted by atomic mass is 35.5. The monoisotopic (exact) mass is 303 g/mol. The molecule has 0 bridgehead atoms. The fraction of sp³-hybridized carbons (Fsp3) is 0.412. The Hall–Kier alpha value is -1.45. The van der Waals surface area contributed by atoms with Gasteiger partial charge in [0, 0.05) is 41.0 Å². The lowest BCUT2D eigenvalue weighted by molar-refractivity contribution is 0.582. The number of aryl methyl sites for hydroxylation is 2. The lowest BCUT2D eigenvalue weighted by atomic mass is 10.1. The largest absolute Gasteiger partial charge is 0.310 e. The van der Waals surface area contributed by atoms with Crippen LogP contribution < -0.4 is 5.32 Å². The minimum atomic E-state index is 0.451. The molecular weight excluding hydrogens is 282 g/mol. The highest BCUT2D eigenvalue weighted by Crippen LogP contribution is 2.19. The van der Waals surface area contributed by atoms with E-state index in [2.05, 4.69) is 29.1 Å². The average molecular weight is 304 g/mol. The number of nitrogens with zero attached hydrogens (tertiary/aromatic N) is 2. The molecule has 0 radical (unpaired) electrons. The zero-order valence-electron chi connectivity index (χ0n) is 13.1. The second kappa shape index (κ2) is 7.01. The first kappa shape index (κ1) is 15.9. The van der Waals surface area contributed by atoms with E-state index in [0.29, 0.717) is 12.5 Å². The first-order chi connectivity index (χ1) is 9.97. The Balaban J connectivity index is 2.21. The van der Waals surface area contributed by atoms with E-state index in [9.17, 15) is 0 Å². The summed E-state index contributed by atoms with van der Waals surface area (Å²) in [6, 6.07) is 8.29. The molecule has 0 aliphatic carbocycles. The van der Waals surface area contributed by atoms with Gasteiger partial charge < -0.3 is 5.32 Å². The topological polar surface area (TPSA) is 37.8 Å². The number of aromatic nitrogens is 2. The third-order valence-electron chi connectivity index (χ3n) is 3.46. The van der Waals surface area contributed by atoms with Crippen LogP contribution in [0.5, 0.6) is 0 Å². The predicted octanol–water partition coefficient (Wildman–Crippen LogP) is 3.84. The van der Waals surface area contributed by atoms with Gasteiger partial charge in [-0.15, -0.1) is 0 Å². The molecule has 4 heteroatoms. The van der Waals surface area contributed by atoms with Crippen LogP contribution in [0.3, 0.4) is 0 Å². The fourth-order valence-corrected chi connectivity index (χ4v) is 2.46. The summed E-state index contributed by atoms with van der Waals surface area (Å²) in [4.78, 5) is 9.28. The summed E-state index contributed by atoms with van der Waals surface area (Å²) in [5, 5.41) is 4.19. The molecule has 0 aliphatic heterocycles. The number of nitrogens with one attached hydrogen (secondary N) is 1. The van der Waals surface area contributed by atoms with Gasteiger partial charge in [-0.2, -0.15) is 0 Å². The molecule has 0 aliphatic rings. The van der Waals surface area contributed by atoms with Crippen LogP contribution in [0.1, 0.15) is 42.2 Å². The van der Waals surface area contributed by atoms with Gasteiger partial charge in [0.15, 0.2) is 0 Å². The van der Waals surface area contributed by atoms with Gasteiger partial charge in [0.25, 0.3) is 0 Å². The van der Waals surface area contributed by atoms with Gasteiger partial charge in [-0.1, -0.05) is 43.6 Å². The number of benzene rings is 1. The van der Waals surface area contributed by atoms with E-state index in [4.69, 9.17) is 11.6 Å². The first-order valence-electron chi connectivity index (χ1n) is 7.27. The molecule has 0 saturated carbocycles. The Morgan fingerprint density at radius 1 is 1.10 bits per heavy atom. The number of hydrogen-bond acceptors (Lipinski definition) is 3. The van der Waals surface area contributed by atoms with Crippen LogP contribution in [0, 0.1) is 13.8 Å². The van der Waals surface area contributed by atoms with E-state index < -0.39 is 0 Å². The maximum atomic E-state index is 6.20. The summed E-state index contributed by atoms with van der Waals surface area (Å²) in [6.07, 6.45) is 0.666. The molecule has 1 aromatic heterocycles. The smallest absolute Gasteiger partial charge is 0.133 e. The molecule has 0 amide bonds. The minimum absolute atomic E-state index is 0.451. The summed E-state index contributed by atoms with van der Waals surface area (Å²) in [6.45, 7) is 9.17. The van der Waals surface area contributed by atoms with Crippen molar-refractivity contribution in [2.75, 3.05) is 0 Å². The molecule has 112 valence electrons. The molecule has 3 nitrogen and oxygen atoms in total. The highest BCUT2D eigenvalue weighted by molar-refractivity contribution is 6.31. The molecule has 0 spiro atoms. The lowest BCUT2D eigenvalue weighted by Gasteiger charge is -2.14. The molecule has 2 rings (SSSR count). The Kier molecular flexibility index (Phi) is 5.32. The third-order valence-corrected chi connectivity index (χ3v) is 3.83. The van der Waals surface area contributed by atoms with Crippen LogP contribution in [0.25, 0.3) is 0 Å². The third kappa shape index (κ3) is 4.26. The molecule has 0 unspecified atom stereocenters. The van der Waals surface area contributed by atoms with E-state index >= 15 is 0 Å². The Bertz CT molecular complexity index is 600. The quantitative estimate of drug-likeness (QED) is 0.912. The van der Waals surface area contributed by atoms with Crippen LogP contribution in [-0.2, 0) is 13.0 Å². The van der Waals surface area contributed by atoms with Gasteiger partial charge in [0.05, 0.1) is 0 Å². The van der Waals surface area contributed by atoms with Crippen molar-refractivity contribution in [2.24, 2.45) is 0 Å². The molecule has 21 heavy (non-hydrogen) atoms. The van der Waals surface area contributed by atoms with Gasteiger partial charge in [0.2, 0.25) is 0 Å². The molecule has 2 aromatic rings. The molecule has 1 N–H and O–H groups in total. The zero-order chi connectivity index (χ0) is 15.4. The van der Waals surface area contributed by atoms with Crippen LogP contribution in [0.15, 0.2) is 24.3 Å². The summed E-state index contributed by atoms with van der Waals surface area (Å²) < 4.78 is 0. The van der Waals surface area contributed by atoms with Crippen LogP contribution in [0.2, 0.25) is 5.02 Å². The van der Waals surface area contributed by atoms with Gasteiger partial charge in [-0.05, 0) is 25.5 Å². The maximum Gasteiger partial charge on any atom is 0.133 e. The maximum absolute atomic E-state index is 6.20. The second-order valence-corrected chi connectivity index (χ2v) is 6.00. The fourth-order valence-electron chi connectivity index (χ4n) is 2.26. The summed E-state index contributed by atoms with van der Waals surface area (Å²) in [7, 11) is 0. The summed E-state index contributed by atoms with van der Waals surface area (Å²) >= 11 is 6.20. The molecule has 1 aromatic carbocycles. The van der Waals surface area contributed by atoms with Gasteiger partial charge in [-0.25, -0.2) is 9.97 Å². The Labute approximate surface area is 131 Å². The molecule has 0 atom stereocenters. The van der Waals surface area contributed by atoms with Crippen molar-refractivity contribution < 1.29 is 0 Å². The average Bonchev–Trinajstić information content (AvgIpc) is 2.40. The van der Waals surface area contributed by atoms with Gasteiger partial charge in [0.1, 0.15) is 5.82 Å². The van der Waals surface area contributed by atoms with Crippen LogP contribution >= 0.6 is 11.6 Å². The highest BCUT2D eigenvalue weighted by Gasteiger charge is 2.10. The van der Waals surface area contributed by atoms with Crippen molar-refractivity contribution in [3.05, 3.63) is 57.6 Å². The van der Waals surface area contributed by atoms with Gasteiger partial charge in [-0.3, -0.25) is 0 Å². The van der Waals surface area contributed by atoms with Crippen molar-refractivity contribution in [3.8, 4) is 0 Å². The second-order valence-electron chi connectivity index (χ2n) is 5.59. The van der Waals surface area contributed by atoms with E-state index in [-0.39, 0.29) is 0 Å². The number of rotatable bonds is 5. The summed E-state index contributed by atoms with van der Waals surface area (Å²) in [5.74, 6) is 0.825. The van der Waals surface area contributed by atoms with Crippen molar-refractivity contribution in [2.45, 2.75) is 46.7 Å². The zero-order valence-corrected chi connectivity index (χ0v) is 13.8.